The first kappa shape index (κ1) is 13.4. The Labute approximate surface area is 120 Å². The SMILES string of the molecule is CCOC(=O)Nc1c(F)c2ccc(C#N)cc2n1C1CC1. The number of fused-ring (bicyclic) bond motifs is 1. The van der Waals surface area contributed by atoms with E-state index in [2.05, 4.69) is 5.32 Å². The van der Waals surface area contributed by atoms with E-state index in [4.69, 9.17) is 10.00 Å². The third-order valence-electron chi connectivity index (χ3n) is 3.48. The molecule has 1 aliphatic carbocycles. The minimum atomic E-state index is -0.679. The van der Waals surface area contributed by atoms with Crippen LogP contribution in [-0.4, -0.2) is 17.3 Å². The van der Waals surface area contributed by atoms with E-state index < -0.39 is 11.9 Å². The van der Waals surface area contributed by atoms with Crippen LogP contribution in [0.4, 0.5) is 15.0 Å². The number of amides is 1. The predicted molar refractivity (Wildman–Crippen MR) is 75.5 cm³/mol. The first-order chi connectivity index (χ1) is 10.2. The Hall–Kier alpha value is -2.55. The molecule has 0 atom stereocenters. The highest BCUT2D eigenvalue weighted by atomic mass is 19.1. The highest BCUT2D eigenvalue weighted by Crippen LogP contribution is 2.43. The Kier molecular flexibility index (Phi) is 3.26. The summed E-state index contributed by atoms with van der Waals surface area (Å²) in [5.41, 5.74) is 1.09. The third-order valence-corrected chi connectivity index (χ3v) is 3.48. The first-order valence-corrected chi connectivity index (χ1v) is 6.83. The van der Waals surface area contributed by atoms with Crippen LogP contribution < -0.4 is 5.32 Å². The maximum absolute atomic E-state index is 14.5. The van der Waals surface area contributed by atoms with Crippen LogP contribution in [0.1, 0.15) is 31.4 Å². The molecule has 108 valence electrons. The zero-order valence-corrected chi connectivity index (χ0v) is 11.5. The maximum atomic E-state index is 14.5. The van der Waals surface area contributed by atoms with E-state index in [0.717, 1.165) is 12.8 Å². The topological polar surface area (TPSA) is 67.0 Å². The molecule has 5 nitrogen and oxygen atoms in total. The molecule has 1 fully saturated rings. The number of anilines is 1. The van der Waals surface area contributed by atoms with E-state index in [0.29, 0.717) is 16.5 Å². The average molecular weight is 287 g/mol. The van der Waals surface area contributed by atoms with Crippen molar-refractivity contribution in [2.45, 2.75) is 25.8 Å². The second-order valence-corrected chi connectivity index (χ2v) is 4.95. The highest BCUT2D eigenvalue weighted by molar-refractivity contribution is 5.93. The Morgan fingerprint density at radius 3 is 2.95 bits per heavy atom. The normalized spacial score (nSPS) is 14.0. The van der Waals surface area contributed by atoms with E-state index >= 15 is 0 Å². The van der Waals surface area contributed by atoms with Crippen molar-refractivity contribution in [2.24, 2.45) is 0 Å². The molecule has 0 bridgehead atoms. The molecule has 1 heterocycles. The Balaban J connectivity index is 2.14. The lowest BCUT2D eigenvalue weighted by Gasteiger charge is -2.10. The van der Waals surface area contributed by atoms with Gasteiger partial charge in [0, 0.05) is 11.4 Å². The highest BCUT2D eigenvalue weighted by Gasteiger charge is 2.31. The van der Waals surface area contributed by atoms with E-state index in [1.807, 2.05) is 6.07 Å². The van der Waals surface area contributed by atoms with Gasteiger partial charge in [0.05, 0.1) is 23.8 Å². The second-order valence-electron chi connectivity index (χ2n) is 4.95. The Morgan fingerprint density at radius 2 is 2.33 bits per heavy atom. The van der Waals surface area contributed by atoms with Crippen LogP contribution in [0.25, 0.3) is 10.9 Å². The summed E-state index contributed by atoms with van der Waals surface area (Å²) >= 11 is 0. The Bertz CT molecular complexity index is 756. The number of hydrogen-bond donors (Lipinski definition) is 1. The van der Waals surface area contributed by atoms with Gasteiger partial charge < -0.3 is 9.30 Å². The van der Waals surface area contributed by atoms with Gasteiger partial charge in [-0.15, -0.1) is 0 Å². The number of ether oxygens (including phenoxy) is 1. The molecule has 1 amide bonds. The molecule has 6 heteroatoms. The fraction of sp³-hybridized carbons (Fsp3) is 0.333. The van der Waals surface area contributed by atoms with Gasteiger partial charge in [-0.3, -0.25) is 5.32 Å². The van der Waals surface area contributed by atoms with Crippen molar-refractivity contribution in [2.75, 3.05) is 11.9 Å². The lowest BCUT2D eigenvalue weighted by molar-refractivity contribution is 0.167. The van der Waals surface area contributed by atoms with Crippen molar-refractivity contribution >= 4 is 22.8 Å². The van der Waals surface area contributed by atoms with Crippen LogP contribution in [0, 0.1) is 17.1 Å². The van der Waals surface area contributed by atoms with E-state index in [-0.39, 0.29) is 18.5 Å². The van der Waals surface area contributed by atoms with Crippen molar-refractivity contribution in [3.05, 3.63) is 29.6 Å². The summed E-state index contributed by atoms with van der Waals surface area (Å²) in [4.78, 5) is 11.6. The van der Waals surface area contributed by atoms with Crippen molar-refractivity contribution in [3.8, 4) is 6.07 Å². The summed E-state index contributed by atoms with van der Waals surface area (Å²) in [7, 11) is 0. The van der Waals surface area contributed by atoms with Gasteiger partial charge in [0.25, 0.3) is 0 Å². The third kappa shape index (κ3) is 2.31. The summed E-state index contributed by atoms with van der Waals surface area (Å²) in [5.74, 6) is -0.379. The summed E-state index contributed by atoms with van der Waals surface area (Å²) in [5, 5.41) is 11.9. The van der Waals surface area contributed by atoms with Crippen molar-refractivity contribution in [1.82, 2.24) is 4.57 Å². The first-order valence-electron chi connectivity index (χ1n) is 6.83. The van der Waals surface area contributed by atoms with Gasteiger partial charge >= 0.3 is 6.09 Å². The van der Waals surface area contributed by atoms with Gasteiger partial charge in [-0.05, 0) is 38.0 Å². The lowest BCUT2D eigenvalue weighted by Crippen LogP contribution is -2.16. The summed E-state index contributed by atoms with van der Waals surface area (Å²) in [6.07, 6.45) is 1.18. The van der Waals surface area contributed by atoms with E-state index in [1.165, 1.54) is 0 Å². The molecule has 1 aromatic heterocycles. The molecule has 0 unspecified atom stereocenters. The largest absolute Gasteiger partial charge is 0.450 e. The number of halogens is 1. The second kappa shape index (κ2) is 5.09. The minimum absolute atomic E-state index is 0.112. The number of hydrogen-bond acceptors (Lipinski definition) is 3. The van der Waals surface area contributed by atoms with Gasteiger partial charge in [-0.25, -0.2) is 9.18 Å². The van der Waals surface area contributed by atoms with Gasteiger partial charge in [0.2, 0.25) is 0 Å². The van der Waals surface area contributed by atoms with Crippen molar-refractivity contribution in [1.29, 1.82) is 5.26 Å². The molecule has 1 saturated carbocycles. The predicted octanol–water partition coefficient (Wildman–Crippen LogP) is 3.56. The van der Waals surface area contributed by atoms with Gasteiger partial charge in [0.1, 0.15) is 0 Å². The molecule has 1 aromatic carbocycles. The lowest BCUT2D eigenvalue weighted by atomic mass is 10.2. The van der Waals surface area contributed by atoms with Gasteiger partial charge in [0.15, 0.2) is 11.6 Å². The molecule has 0 spiro atoms. The monoisotopic (exact) mass is 287 g/mol. The minimum Gasteiger partial charge on any atom is -0.450 e. The van der Waals surface area contributed by atoms with Crippen molar-refractivity contribution in [3.63, 3.8) is 0 Å². The zero-order chi connectivity index (χ0) is 15.0. The number of benzene rings is 1. The molecule has 0 radical (unpaired) electrons. The smallest absolute Gasteiger partial charge is 0.412 e. The quantitative estimate of drug-likeness (QED) is 0.938. The van der Waals surface area contributed by atoms with E-state index in [1.54, 1.807) is 29.7 Å². The molecular weight excluding hydrogens is 273 g/mol. The van der Waals surface area contributed by atoms with Crippen LogP contribution in [0.5, 0.6) is 0 Å². The number of rotatable bonds is 3. The van der Waals surface area contributed by atoms with Gasteiger partial charge in [-0.1, -0.05) is 0 Å². The zero-order valence-electron chi connectivity index (χ0n) is 11.5. The fourth-order valence-corrected chi connectivity index (χ4v) is 2.43. The fourth-order valence-electron chi connectivity index (χ4n) is 2.43. The van der Waals surface area contributed by atoms with E-state index in [9.17, 15) is 9.18 Å². The van der Waals surface area contributed by atoms with Crippen LogP contribution >= 0.6 is 0 Å². The molecule has 1 N–H and O–H groups in total. The summed E-state index contributed by atoms with van der Waals surface area (Å²) in [6, 6.07) is 6.98. The summed E-state index contributed by atoms with van der Waals surface area (Å²) in [6.45, 7) is 1.90. The molecule has 0 aliphatic heterocycles. The summed E-state index contributed by atoms with van der Waals surface area (Å²) < 4.78 is 21.1. The average Bonchev–Trinajstić information content (AvgIpc) is 3.27. The molecule has 0 saturated heterocycles. The van der Waals surface area contributed by atoms with Crippen LogP contribution in [0.2, 0.25) is 0 Å². The van der Waals surface area contributed by atoms with Crippen LogP contribution in [0.3, 0.4) is 0 Å². The molecule has 2 aromatic rings. The molecular formula is C15H14FN3O2. The number of carbonyl (C=O) groups is 1. The van der Waals surface area contributed by atoms with Gasteiger partial charge in [-0.2, -0.15) is 5.26 Å². The number of carbonyl (C=O) groups excluding carboxylic acids is 1. The number of nitrogens with zero attached hydrogens (tertiary/aromatic N) is 2. The Morgan fingerprint density at radius 1 is 1.57 bits per heavy atom. The standard InChI is InChI=1S/C15H14FN3O2/c1-2-21-15(20)18-14-13(16)11-6-3-9(8-17)7-12(11)19(14)10-4-5-10/h3,6-7,10H,2,4-5H2,1H3,(H,18,20). The number of nitriles is 1. The number of nitrogens with one attached hydrogen (secondary N) is 1. The van der Waals surface area contributed by atoms with Crippen molar-refractivity contribution < 1.29 is 13.9 Å². The molecule has 3 rings (SSSR count). The maximum Gasteiger partial charge on any atom is 0.412 e. The molecule has 21 heavy (non-hydrogen) atoms. The van der Waals surface area contributed by atoms with Crippen LogP contribution in [0.15, 0.2) is 18.2 Å². The van der Waals surface area contributed by atoms with Crippen LogP contribution in [-0.2, 0) is 4.74 Å². The molecule has 1 aliphatic rings. The number of aromatic nitrogens is 1.